The van der Waals surface area contributed by atoms with Crippen molar-refractivity contribution in [3.8, 4) is 5.75 Å². The third-order valence-corrected chi connectivity index (χ3v) is 5.69. The summed E-state index contributed by atoms with van der Waals surface area (Å²) in [4.78, 5) is 27.7. The zero-order valence-electron chi connectivity index (χ0n) is 18.9. The Balaban J connectivity index is 1.55. The largest absolute Gasteiger partial charge is 0.497 e. The summed E-state index contributed by atoms with van der Waals surface area (Å²) in [7, 11) is 1.48. The Labute approximate surface area is 197 Å². The average molecular weight is 461 g/mol. The lowest BCUT2D eigenvalue weighted by molar-refractivity contribution is 0.102. The highest BCUT2D eigenvalue weighted by Gasteiger charge is 2.22. The molecule has 174 valence electrons. The number of anilines is 2. The maximum atomic E-state index is 14.8. The quantitative estimate of drug-likeness (QED) is 0.368. The number of likely N-dealkylation sites (tertiary alicyclic amines) is 1. The molecule has 8 heteroatoms. The average Bonchev–Trinajstić information content (AvgIpc) is 2.79. The van der Waals surface area contributed by atoms with E-state index in [4.69, 9.17) is 10.1 Å². The first kappa shape index (κ1) is 23.0. The lowest BCUT2D eigenvalue weighted by Crippen LogP contribution is -2.42. The molecule has 3 aromatic carbocycles. The van der Waals surface area contributed by atoms with Crippen LogP contribution in [0.4, 0.5) is 15.8 Å². The number of nitrogens with one attached hydrogen (secondary N) is 3. The van der Waals surface area contributed by atoms with Gasteiger partial charge in [0.15, 0.2) is 0 Å². The summed E-state index contributed by atoms with van der Waals surface area (Å²) in [6.07, 6.45) is 1.01. The highest BCUT2D eigenvalue weighted by atomic mass is 19.1. The molecule has 0 aliphatic carbocycles. The molecule has 1 aliphatic rings. The summed E-state index contributed by atoms with van der Waals surface area (Å²) in [5.41, 5.74) is 2.27. The predicted octanol–water partition coefficient (Wildman–Crippen LogP) is 4.68. The smallest absolute Gasteiger partial charge is 0.258 e. The molecule has 3 N–H and O–H groups in total. The summed E-state index contributed by atoms with van der Waals surface area (Å²) < 4.78 is 20.0. The van der Waals surface area contributed by atoms with Gasteiger partial charge >= 0.3 is 0 Å². The van der Waals surface area contributed by atoms with Gasteiger partial charge in [0, 0.05) is 24.3 Å². The van der Waals surface area contributed by atoms with Gasteiger partial charge in [-0.25, -0.2) is 4.39 Å². The Hall–Kier alpha value is -4.20. The van der Waals surface area contributed by atoms with Gasteiger partial charge in [-0.3, -0.25) is 15.0 Å². The molecular weight excluding hydrogens is 435 g/mol. The van der Waals surface area contributed by atoms with Crippen molar-refractivity contribution in [1.82, 2.24) is 4.90 Å². The van der Waals surface area contributed by atoms with Crippen LogP contribution in [0.15, 0.2) is 60.7 Å². The van der Waals surface area contributed by atoms with Gasteiger partial charge in [-0.1, -0.05) is 23.8 Å². The normalized spacial score (nSPS) is 12.5. The number of carbonyl (C=O) groups is 2. The van der Waals surface area contributed by atoms with Gasteiger partial charge in [0.1, 0.15) is 17.4 Å². The SMILES string of the molecule is COc1ccc(NC(=O)c2ccc(C(=N)N3CCC3)cc2F)c(C(=O)Nc2ccc(C)cc2)c1. The number of amides is 2. The number of halogens is 1. The molecule has 0 saturated carbocycles. The molecule has 0 spiro atoms. The number of ether oxygens (including phenoxy) is 1. The summed E-state index contributed by atoms with van der Waals surface area (Å²) in [5.74, 6) is -1.21. The number of hydrogen-bond acceptors (Lipinski definition) is 4. The first-order valence-electron chi connectivity index (χ1n) is 10.9. The third kappa shape index (κ3) is 4.91. The van der Waals surface area contributed by atoms with Crippen LogP contribution in [0, 0.1) is 18.2 Å². The Kier molecular flexibility index (Phi) is 6.58. The molecule has 0 aromatic heterocycles. The molecule has 0 unspecified atom stereocenters. The van der Waals surface area contributed by atoms with Gasteiger partial charge in [-0.15, -0.1) is 0 Å². The van der Waals surface area contributed by atoms with E-state index in [1.807, 2.05) is 24.0 Å². The van der Waals surface area contributed by atoms with Gasteiger partial charge in [-0.05, 0) is 55.8 Å². The molecule has 1 aliphatic heterocycles. The van der Waals surface area contributed by atoms with Crippen molar-refractivity contribution >= 4 is 29.0 Å². The fourth-order valence-corrected chi connectivity index (χ4v) is 3.54. The van der Waals surface area contributed by atoms with Crippen LogP contribution in [0.1, 0.15) is 38.3 Å². The molecule has 4 rings (SSSR count). The second kappa shape index (κ2) is 9.74. The molecule has 1 saturated heterocycles. The van der Waals surface area contributed by atoms with Crippen molar-refractivity contribution in [1.29, 1.82) is 5.41 Å². The van der Waals surface area contributed by atoms with Crippen LogP contribution >= 0.6 is 0 Å². The number of amidine groups is 1. The van der Waals surface area contributed by atoms with Crippen molar-refractivity contribution in [2.24, 2.45) is 0 Å². The van der Waals surface area contributed by atoms with E-state index < -0.39 is 17.6 Å². The lowest BCUT2D eigenvalue weighted by atomic mass is 10.1. The minimum atomic E-state index is -0.737. The van der Waals surface area contributed by atoms with Crippen molar-refractivity contribution in [3.05, 3.63) is 88.7 Å². The number of methoxy groups -OCH3 is 1. The summed E-state index contributed by atoms with van der Waals surface area (Å²) in [6, 6.07) is 16.0. The van der Waals surface area contributed by atoms with Gasteiger partial charge in [0.2, 0.25) is 0 Å². The van der Waals surface area contributed by atoms with Crippen molar-refractivity contribution in [2.45, 2.75) is 13.3 Å². The molecule has 0 atom stereocenters. The van der Waals surface area contributed by atoms with Crippen LogP contribution in [-0.4, -0.2) is 42.7 Å². The zero-order chi connectivity index (χ0) is 24.2. The van der Waals surface area contributed by atoms with Crippen LogP contribution < -0.4 is 15.4 Å². The van der Waals surface area contributed by atoms with Gasteiger partial charge in [0.25, 0.3) is 11.8 Å². The Bertz CT molecular complexity index is 1250. The number of aryl methyl sites for hydroxylation is 1. The summed E-state index contributed by atoms with van der Waals surface area (Å²) in [6.45, 7) is 3.49. The molecule has 1 heterocycles. The molecule has 0 radical (unpaired) electrons. The van der Waals surface area contributed by atoms with E-state index in [1.165, 1.54) is 31.4 Å². The van der Waals surface area contributed by atoms with Gasteiger partial charge < -0.3 is 20.3 Å². The highest BCUT2D eigenvalue weighted by molar-refractivity contribution is 6.13. The van der Waals surface area contributed by atoms with Crippen LogP contribution in [0.3, 0.4) is 0 Å². The fourth-order valence-electron chi connectivity index (χ4n) is 3.54. The highest BCUT2D eigenvalue weighted by Crippen LogP contribution is 2.25. The van der Waals surface area contributed by atoms with Crippen LogP contribution in [-0.2, 0) is 0 Å². The summed E-state index contributed by atoms with van der Waals surface area (Å²) >= 11 is 0. The van der Waals surface area contributed by atoms with Crippen molar-refractivity contribution in [3.63, 3.8) is 0 Å². The minimum Gasteiger partial charge on any atom is -0.497 e. The first-order valence-corrected chi connectivity index (χ1v) is 10.9. The van der Waals surface area contributed by atoms with E-state index in [1.54, 1.807) is 24.3 Å². The molecular formula is C26H25FN4O3. The number of rotatable bonds is 6. The Morgan fingerprint density at radius 2 is 1.65 bits per heavy atom. The molecule has 0 bridgehead atoms. The van der Waals surface area contributed by atoms with E-state index >= 15 is 0 Å². The van der Waals surface area contributed by atoms with E-state index in [0.29, 0.717) is 17.0 Å². The molecule has 3 aromatic rings. The van der Waals surface area contributed by atoms with Crippen molar-refractivity contribution in [2.75, 3.05) is 30.8 Å². The lowest BCUT2D eigenvalue weighted by Gasteiger charge is -2.33. The van der Waals surface area contributed by atoms with Crippen molar-refractivity contribution < 1.29 is 18.7 Å². The topological polar surface area (TPSA) is 94.5 Å². The predicted molar refractivity (Wildman–Crippen MR) is 129 cm³/mol. The number of carbonyl (C=O) groups excluding carboxylic acids is 2. The number of hydrogen-bond donors (Lipinski definition) is 3. The maximum absolute atomic E-state index is 14.8. The second-order valence-corrected chi connectivity index (χ2v) is 8.07. The van der Waals surface area contributed by atoms with Gasteiger partial charge in [-0.2, -0.15) is 0 Å². The number of benzene rings is 3. The van der Waals surface area contributed by atoms with Crippen LogP contribution in [0.2, 0.25) is 0 Å². The zero-order valence-corrected chi connectivity index (χ0v) is 18.9. The third-order valence-electron chi connectivity index (χ3n) is 5.69. The van der Waals surface area contributed by atoms with Crippen LogP contribution in [0.25, 0.3) is 0 Å². The van der Waals surface area contributed by atoms with Gasteiger partial charge in [0.05, 0.1) is 23.9 Å². The molecule has 2 amide bonds. The summed E-state index contributed by atoms with van der Waals surface area (Å²) in [5, 5.41) is 13.6. The Morgan fingerprint density at radius 1 is 0.941 bits per heavy atom. The fraction of sp³-hybridized carbons (Fsp3) is 0.192. The monoisotopic (exact) mass is 460 g/mol. The van der Waals surface area contributed by atoms with E-state index in [2.05, 4.69) is 10.6 Å². The Morgan fingerprint density at radius 3 is 2.26 bits per heavy atom. The molecule has 7 nitrogen and oxygen atoms in total. The second-order valence-electron chi connectivity index (χ2n) is 8.07. The number of nitrogens with zero attached hydrogens (tertiary/aromatic N) is 1. The molecule has 1 fully saturated rings. The van der Waals surface area contributed by atoms with E-state index in [-0.39, 0.29) is 22.6 Å². The maximum Gasteiger partial charge on any atom is 0.258 e. The first-order chi connectivity index (χ1) is 16.4. The standard InChI is InChI=1S/C26H25FN4O3/c1-16-4-7-18(8-5-16)29-26(33)21-15-19(34-2)9-11-23(21)30-25(32)20-10-6-17(14-22(20)27)24(28)31-12-3-13-31/h4-11,14-15,28H,3,12-13H2,1-2H3,(H,29,33)(H,30,32). The van der Waals surface area contributed by atoms with E-state index in [9.17, 15) is 14.0 Å². The van der Waals surface area contributed by atoms with Crippen LogP contribution in [0.5, 0.6) is 5.75 Å². The molecule has 34 heavy (non-hydrogen) atoms. The van der Waals surface area contributed by atoms with E-state index in [0.717, 1.165) is 25.1 Å². The minimum absolute atomic E-state index is 0.171.